The molecule has 0 bridgehead atoms. The molecule has 1 aliphatic rings. The minimum atomic E-state index is -0.527. The van der Waals surface area contributed by atoms with Crippen molar-refractivity contribution >= 4 is 0 Å². The lowest BCUT2D eigenvalue weighted by atomic mass is 9.75. The van der Waals surface area contributed by atoms with E-state index in [1.807, 2.05) is 12.1 Å². The Morgan fingerprint density at radius 2 is 1.86 bits per heavy atom. The van der Waals surface area contributed by atoms with Crippen LogP contribution in [0.3, 0.4) is 0 Å². The van der Waals surface area contributed by atoms with Crippen LogP contribution in [0.2, 0.25) is 0 Å². The third kappa shape index (κ3) is 1.68. The van der Waals surface area contributed by atoms with Crippen LogP contribution < -0.4 is 5.73 Å². The van der Waals surface area contributed by atoms with Gasteiger partial charge in [0.25, 0.3) is 0 Å². The van der Waals surface area contributed by atoms with Gasteiger partial charge in [0.05, 0.1) is 5.60 Å². The molecule has 0 atom stereocenters. The first kappa shape index (κ1) is 9.69. The summed E-state index contributed by atoms with van der Waals surface area (Å²) in [6.07, 6.45) is 3.87. The van der Waals surface area contributed by atoms with Crippen molar-refractivity contribution in [3.63, 3.8) is 0 Å². The number of hydrogen-bond donors (Lipinski definition) is 2. The minimum Gasteiger partial charge on any atom is -0.385 e. The van der Waals surface area contributed by atoms with Crippen LogP contribution in [0.25, 0.3) is 0 Å². The molecular weight excluding hydrogens is 174 g/mol. The lowest BCUT2D eigenvalue weighted by molar-refractivity contribution is -0.0388. The second-order valence-electron chi connectivity index (χ2n) is 4.12. The maximum absolute atomic E-state index is 10.1. The highest BCUT2D eigenvalue weighted by molar-refractivity contribution is 5.28. The molecule has 2 rings (SSSR count). The lowest BCUT2D eigenvalue weighted by Crippen LogP contribution is -2.33. The van der Waals surface area contributed by atoms with Gasteiger partial charge in [-0.25, -0.2) is 0 Å². The third-order valence-electron chi connectivity index (χ3n) is 3.11. The molecule has 0 aliphatic heterocycles. The zero-order valence-electron chi connectivity index (χ0n) is 8.37. The van der Waals surface area contributed by atoms with E-state index >= 15 is 0 Å². The van der Waals surface area contributed by atoms with Crippen molar-refractivity contribution in [3.8, 4) is 0 Å². The van der Waals surface area contributed by atoms with Crippen LogP contribution in [-0.4, -0.2) is 11.7 Å². The second-order valence-corrected chi connectivity index (χ2v) is 4.12. The van der Waals surface area contributed by atoms with Gasteiger partial charge in [0.15, 0.2) is 0 Å². The number of nitrogens with two attached hydrogens (primary N) is 1. The van der Waals surface area contributed by atoms with E-state index in [2.05, 4.69) is 12.1 Å². The molecule has 0 spiro atoms. The molecule has 0 unspecified atom stereocenters. The molecule has 1 aromatic carbocycles. The maximum atomic E-state index is 10.1. The molecule has 0 amide bonds. The van der Waals surface area contributed by atoms with E-state index in [1.54, 1.807) is 0 Å². The smallest absolute Gasteiger partial charge is 0.0896 e. The maximum Gasteiger partial charge on any atom is 0.0896 e. The highest BCUT2D eigenvalue weighted by atomic mass is 16.3. The Labute approximate surface area is 84.7 Å². The molecule has 14 heavy (non-hydrogen) atoms. The van der Waals surface area contributed by atoms with Crippen molar-refractivity contribution in [1.82, 2.24) is 0 Å². The summed E-state index contributed by atoms with van der Waals surface area (Å²) in [5.74, 6) is 0. The van der Waals surface area contributed by atoms with Gasteiger partial charge in [0, 0.05) is 0 Å². The van der Waals surface area contributed by atoms with Crippen LogP contribution in [-0.2, 0) is 12.0 Å². The summed E-state index contributed by atoms with van der Waals surface area (Å²) in [7, 11) is 0. The van der Waals surface area contributed by atoms with E-state index < -0.39 is 5.60 Å². The number of rotatable bonds is 3. The molecule has 2 nitrogen and oxygen atoms in total. The molecule has 1 saturated carbocycles. The predicted octanol–water partition coefficient (Wildman–Crippen LogP) is 1.56. The van der Waals surface area contributed by atoms with Gasteiger partial charge in [-0.1, -0.05) is 24.3 Å². The van der Waals surface area contributed by atoms with E-state index in [9.17, 15) is 5.11 Å². The molecular formula is C12H17NO. The Hall–Kier alpha value is -0.860. The fourth-order valence-electron chi connectivity index (χ4n) is 1.95. The fraction of sp³-hybridized carbons (Fsp3) is 0.500. The Morgan fingerprint density at radius 1 is 1.21 bits per heavy atom. The lowest BCUT2D eigenvalue weighted by Gasteiger charge is -2.37. The number of hydrogen-bond acceptors (Lipinski definition) is 2. The Bertz CT molecular complexity index is 301. The third-order valence-corrected chi connectivity index (χ3v) is 3.11. The monoisotopic (exact) mass is 191 g/mol. The van der Waals surface area contributed by atoms with Crippen molar-refractivity contribution in [2.75, 3.05) is 6.54 Å². The highest BCUT2D eigenvalue weighted by Gasteiger charge is 2.35. The van der Waals surface area contributed by atoms with Gasteiger partial charge in [0.1, 0.15) is 0 Å². The summed E-state index contributed by atoms with van der Waals surface area (Å²) in [4.78, 5) is 0. The molecule has 1 fully saturated rings. The van der Waals surface area contributed by atoms with Crippen molar-refractivity contribution in [3.05, 3.63) is 35.4 Å². The first-order valence-electron chi connectivity index (χ1n) is 5.26. The molecule has 0 heterocycles. The molecule has 0 aromatic heterocycles. The van der Waals surface area contributed by atoms with Crippen molar-refractivity contribution in [2.45, 2.75) is 31.3 Å². The summed E-state index contributed by atoms with van der Waals surface area (Å²) < 4.78 is 0. The summed E-state index contributed by atoms with van der Waals surface area (Å²) in [5, 5.41) is 10.1. The quantitative estimate of drug-likeness (QED) is 0.761. The first-order chi connectivity index (χ1) is 6.74. The van der Waals surface area contributed by atoms with E-state index in [-0.39, 0.29) is 0 Å². The first-order valence-corrected chi connectivity index (χ1v) is 5.26. The van der Waals surface area contributed by atoms with Crippen molar-refractivity contribution < 1.29 is 5.11 Å². The van der Waals surface area contributed by atoms with Gasteiger partial charge in [-0.2, -0.15) is 0 Å². The molecule has 1 aliphatic carbocycles. The topological polar surface area (TPSA) is 46.2 Å². The van der Waals surface area contributed by atoms with Gasteiger partial charge in [0.2, 0.25) is 0 Å². The van der Waals surface area contributed by atoms with E-state index in [0.29, 0.717) is 6.54 Å². The molecule has 2 heteroatoms. The SMILES string of the molecule is NCCc1ccc(C2(O)CCC2)cc1. The molecule has 76 valence electrons. The summed E-state index contributed by atoms with van der Waals surface area (Å²) in [6, 6.07) is 8.20. The molecule has 0 radical (unpaired) electrons. The average Bonchev–Trinajstić information content (AvgIpc) is 2.16. The summed E-state index contributed by atoms with van der Waals surface area (Å²) >= 11 is 0. The van der Waals surface area contributed by atoms with Gasteiger partial charge in [-0.3, -0.25) is 0 Å². The van der Waals surface area contributed by atoms with E-state index in [0.717, 1.165) is 31.2 Å². The van der Waals surface area contributed by atoms with Crippen LogP contribution in [0.15, 0.2) is 24.3 Å². The van der Waals surface area contributed by atoms with Crippen molar-refractivity contribution in [2.24, 2.45) is 5.73 Å². The summed E-state index contributed by atoms with van der Waals surface area (Å²) in [6.45, 7) is 0.684. The summed E-state index contributed by atoms with van der Waals surface area (Å²) in [5.41, 5.74) is 7.25. The van der Waals surface area contributed by atoms with Crippen LogP contribution in [0.1, 0.15) is 30.4 Å². The zero-order valence-corrected chi connectivity index (χ0v) is 8.37. The molecule has 1 aromatic rings. The van der Waals surface area contributed by atoms with Crippen LogP contribution in [0, 0.1) is 0 Å². The minimum absolute atomic E-state index is 0.527. The Morgan fingerprint density at radius 3 is 2.29 bits per heavy atom. The molecule has 0 saturated heterocycles. The number of benzene rings is 1. The fourth-order valence-corrected chi connectivity index (χ4v) is 1.95. The Kier molecular flexibility index (Phi) is 2.57. The number of aliphatic hydroxyl groups is 1. The standard InChI is InChI=1S/C12H17NO/c13-9-6-10-2-4-11(5-3-10)12(14)7-1-8-12/h2-5,14H,1,6-9,13H2. The predicted molar refractivity (Wildman–Crippen MR) is 56.9 cm³/mol. The van der Waals surface area contributed by atoms with Crippen LogP contribution >= 0.6 is 0 Å². The normalized spacial score (nSPS) is 19.0. The van der Waals surface area contributed by atoms with E-state index in [4.69, 9.17) is 5.73 Å². The zero-order chi connectivity index (χ0) is 10.0. The van der Waals surface area contributed by atoms with Gasteiger partial charge in [-0.05, 0) is 43.4 Å². The molecule has 3 N–H and O–H groups in total. The van der Waals surface area contributed by atoms with Gasteiger partial charge >= 0.3 is 0 Å². The van der Waals surface area contributed by atoms with Gasteiger partial charge in [-0.15, -0.1) is 0 Å². The van der Waals surface area contributed by atoms with Gasteiger partial charge < -0.3 is 10.8 Å². The van der Waals surface area contributed by atoms with Crippen LogP contribution in [0.5, 0.6) is 0 Å². The second kappa shape index (κ2) is 3.71. The average molecular weight is 191 g/mol. The Balaban J connectivity index is 2.13. The van der Waals surface area contributed by atoms with E-state index in [1.165, 1.54) is 5.56 Å². The van der Waals surface area contributed by atoms with Crippen molar-refractivity contribution in [1.29, 1.82) is 0 Å². The largest absolute Gasteiger partial charge is 0.385 e. The van der Waals surface area contributed by atoms with Crippen LogP contribution in [0.4, 0.5) is 0 Å². The highest BCUT2D eigenvalue weighted by Crippen LogP contribution is 2.40.